The molecule has 0 heterocycles. The summed E-state index contributed by atoms with van der Waals surface area (Å²) in [5.41, 5.74) is -1.43. The Morgan fingerprint density at radius 2 is 1.86 bits per heavy atom. The third-order valence-electron chi connectivity index (χ3n) is 1.17. The van der Waals surface area contributed by atoms with E-state index in [4.69, 9.17) is 0 Å². The summed E-state index contributed by atoms with van der Waals surface area (Å²) in [6.07, 6.45) is -4.38. The molecule has 0 aliphatic rings. The van der Waals surface area contributed by atoms with E-state index < -0.39 is 17.7 Å². The van der Waals surface area contributed by atoms with Gasteiger partial charge in [0.05, 0.1) is 13.2 Å². The summed E-state index contributed by atoms with van der Waals surface area (Å²) in [7, 11) is 0. The van der Waals surface area contributed by atoms with Crippen LogP contribution in [0.2, 0.25) is 0 Å². The fourth-order valence-electron chi connectivity index (χ4n) is 0.606. The summed E-state index contributed by atoms with van der Waals surface area (Å²) in [4.78, 5) is 10.8. The van der Waals surface area contributed by atoms with E-state index in [1.54, 1.807) is 0 Å². The molecule has 0 amide bonds. The monoisotopic (exact) mass is 212 g/mol. The molecule has 0 bridgehead atoms. The summed E-state index contributed by atoms with van der Waals surface area (Å²) >= 11 is 0. The lowest BCUT2D eigenvalue weighted by molar-refractivity contribution is -0.150. The number of esters is 1. The van der Waals surface area contributed by atoms with Crippen molar-refractivity contribution in [3.05, 3.63) is 11.8 Å². The second-order valence-corrected chi connectivity index (χ2v) is 2.21. The van der Waals surface area contributed by atoms with Crippen LogP contribution in [0.3, 0.4) is 0 Å². The summed E-state index contributed by atoms with van der Waals surface area (Å²) in [5, 5.41) is 0. The zero-order valence-corrected chi connectivity index (χ0v) is 7.85. The second kappa shape index (κ2) is 5.51. The van der Waals surface area contributed by atoms with Crippen LogP contribution in [0.15, 0.2) is 11.8 Å². The van der Waals surface area contributed by atoms with Gasteiger partial charge in [-0.1, -0.05) is 0 Å². The van der Waals surface area contributed by atoms with Crippen LogP contribution in [0.1, 0.15) is 13.8 Å². The molecule has 0 aromatic rings. The Hall–Kier alpha value is -1.20. The van der Waals surface area contributed by atoms with Crippen LogP contribution in [0.25, 0.3) is 0 Å². The third kappa shape index (κ3) is 4.15. The molecule has 0 radical (unpaired) electrons. The Morgan fingerprint density at radius 1 is 1.29 bits per heavy atom. The van der Waals surface area contributed by atoms with E-state index in [0.717, 1.165) is 0 Å². The molecule has 0 saturated heterocycles. The average molecular weight is 212 g/mol. The number of carbonyl (C=O) groups is 1. The van der Waals surface area contributed by atoms with Crippen molar-refractivity contribution >= 4 is 5.97 Å². The van der Waals surface area contributed by atoms with Gasteiger partial charge in [-0.15, -0.1) is 0 Å². The molecule has 6 heteroatoms. The van der Waals surface area contributed by atoms with E-state index in [0.29, 0.717) is 6.26 Å². The first-order valence-corrected chi connectivity index (χ1v) is 3.99. The minimum Gasteiger partial charge on any atom is -0.501 e. The van der Waals surface area contributed by atoms with Crippen molar-refractivity contribution < 1.29 is 27.4 Å². The Labute approximate surface area is 79.5 Å². The first-order valence-electron chi connectivity index (χ1n) is 3.99. The number of ether oxygens (including phenoxy) is 2. The van der Waals surface area contributed by atoms with Gasteiger partial charge in [-0.05, 0) is 13.8 Å². The standard InChI is InChI=1S/C8H11F3O3/c1-3-13-5-6(8(9,10)11)7(12)14-4-2/h5H,3-4H2,1-2H3/b6-5-. The number of carbonyl (C=O) groups excluding carboxylic acids is 1. The van der Waals surface area contributed by atoms with Gasteiger partial charge in [-0.2, -0.15) is 13.2 Å². The molecule has 0 aliphatic carbocycles. The molecule has 0 aliphatic heterocycles. The Balaban J connectivity index is 4.64. The zero-order valence-electron chi connectivity index (χ0n) is 7.85. The smallest absolute Gasteiger partial charge is 0.426 e. The van der Waals surface area contributed by atoms with Crippen LogP contribution in [0, 0.1) is 0 Å². The lowest BCUT2D eigenvalue weighted by Crippen LogP contribution is -2.22. The number of halogens is 3. The maximum atomic E-state index is 12.2. The van der Waals surface area contributed by atoms with Crippen molar-refractivity contribution in [2.45, 2.75) is 20.0 Å². The SMILES string of the molecule is CCO/C=C(/C(=O)OCC)C(F)(F)F. The van der Waals surface area contributed by atoms with E-state index in [2.05, 4.69) is 9.47 Å². The van der Waals surface area contributed by atoms with Gasteiger partial charge in [0.2, 0.25) is 0 Å². The largest absolute Gasteiger partial charge is 0.501 e. The number of hydrogen-bond acceptors (Lipinski definition) is 3. The Kier molecular flexibility index (Phi) is 5.04. The first kappa shape index (κ1) is 12.8. The molecule has 0 rings (SSSR count). The van der Waals surface area contributed by atoms with Gasteiger partial charge in [0.15, 0.2) is 5.57 Å². The highest BCUT2D eigenvalue weighted by Crippen LogP contribution is 2.26. The fraction of sp³-hybridized carbons (Fsp3) is 0.625. The minimum atomic E-state index is -4.75. The number of rotatable bonds is 4. The molecule has 0 saturated carbocycles. The van der Waals surface area contributed by atoms with Crippen molar-refractivity contribution in [1.82, 2.24) is 0 Å². The van der Waals surface area contributed by atoms with Gasteiger partial charge < -0.3 is 9.47 Å². The summed E-state index contributed by atoms with van der Waals surface area (Å²) in [6.45, 7) is 2.87. The van der Waals surface area contributed by atoms with Crippen LogP contribution in [-0.4, -0.2) is 25.4 Å². The number of hydrogen-bond donors (Lipinski definition) is 0. The lowest BCUT2D eigenvalue weighted by atomic mass is 10.3. The van der Waals surface area contributed by atoms with Gasteiger partial charge >= 0.3 is 12.1 Å². The maximum absolute atomic E-state index is 12.2. The van der Waals surface area contributed by atoms with Crippen LogP contribution >= 0.6 is 0 Å². The highest BCUT2D eigenvalue weighted by Gasteiger charge is 2.40. The van der Waals surface area contributed by atoms with Crippen LogP contribution < -0.4 is 0 Å². The van der Waals surface area contributed by atoms with E-state index >= 15 is 0 Å². The third-order valence-corrected chi connectivity index (χ3v) is 1.17. The Bertz CT molecular complexity index is 220. The van der Waals surface area contributed by atoms with Crippen molar-refractivity contribution in [1.29, 1.82) is 0 Å². The van der Waals surface area contributed by atoms with Crippen molar-refractivity contribution in [3.8, 4) is 0 Å². The quantitative estimate of drug-likeness (QED) is 0.406. The predicted molar refractivity (Wildman–Crippen MR) is 42.4 cm³/mol. The van der Waals surface area contributed by atoms with Gasteiger partial charge in [-0.25, -0.2) is 4.79 Å². The molecule has 0 fully saturated rings. The van der Waals surface area contributed by atoms with Crippen LogP contribution in [-0.2, 0) is 14.3 Å². The molecule has 3 nitrogen and oxygen atoms in total. The molecule has 0 spiro atoms. The highest BCUT2D eigenvalue weighted by atomic mass is 19.4. The van der Waals surface area contributed by atoms with Gasteiger partial charge in [0.25, 0.3) is 0 Å². The molecule has 82 valence electrons. The van der Waals surface area contributed by atoms with Gasteiger partial charge in [0.1, 0.15) is 6.26 Å². The molecular weight excluding hydrogens is 201 g/mol. The zero-order chi connectivity index (χ0) is 11.2. The summed E-state index contributed by atoms with van der Waals surface area (Å²) in [5.74, 6) is -1.42. The molecular formula is C8H11F3O3. The number of alkyl halides is 3. The molecule has 0 N–H and O–H groups in total. The van der Waals surface area contributed by atoms with Crippen molar-refractivity contribution in [2.75, 3.05) is 13.2 Å². The molecule has 0 aromatic heterocycles. The van der Waals surface area contributed by atoms with Crippen molar-refractivity contribution in [2.24, 2.45) is 0 Å². The summed E-state index contributed by atoms with van der Waals surface area (Å²) < 4.78 is 45.1. The maximum Gasteiger partial charge on any atom is 0.426 e. The molecule has 14 heavy (non-hydrogen) atoms. The van der Waals surface area contributed by atoms with Crippen LogP contribution in [0.4, 0.5) is 13.2 Å². The van der Waals surface area contributed by atoms with Gasteiger partial charge in [-0.3, -0.25) is 0 Å². The molecule has 0 unspecified atom stereocenters. The Morgan fingerprint density at radius 3 is 2.21 bits per heavy atom. The fourth-order valence-corrected chi connectivity index (χ4v) is 0.606. The topological polar surface area (TPSA) is 35.5 Å². The summed E-state index contributed by atoms with van der Waals surface area (Å²) in [6, 6.07) is 0. The van der Waals surface area contributed by atoms with Gasteiger partial charge in [0, 0.05) is 0 Å². The molecule has 0 atom stereocenters. The average Bonchev–Trinajstić information content (AvgIpc) is 2.03. The lowest BCUT2D eigenvalue weighted by Gasteiger charge is -2.09. The van der Waals surface area contributed by atoms with E-state index in [-0.39, 0.29) is 13.2 Å². The minimum absolute atomic E-state index is 0.0545. The molecule has 0 aromatic carbocycles. The van der Waals surface area contributed by atoms with Crippen LogP contribution in [0.5, 0.6) is 0 Å². The predicted octanol–water partition coefficient (Wildman–Crippen LogP) is 2.03. The second-order valence-electron chi connectivity index (χ2n) is 2.21. The van der Waals surface area contributed by atoms with E-state index in [1.165, 1.54) is 13.8 Å². The normalized spacial score (nSPS) is 12.5. The van der Waals surface area contributed by atoms with Crippen molar-refractivity contribution in [3.63, 3.8) is 0 Å². The first-order chi connectivity index (χ1) is 6.43. The highest BCUT2D eigenvalue weighted by molar-refractivity contribution is 5.89. The van der Waals surface area contributed by atoms with E-state index in [1.807, 2.05) is 0 Å². The van der Waals surface area contributed by atoms with E-state index in [9.17, 15) is 18.0 Å².